The first-order valence-electron chi connectivity index (χ1n) is 5.27. The molecule has 0 amide bonds. The van der Waals surface area contributed by atoms with Crippen molar-refractivity contribution >= 4 is 30.9 Å². The fourth-order valence-electron chi connectivity index (χ4n) is 1.74. The Kier molecular flexibility index (Phi) is 8.26. The molecule has 1 N–H and O–H groups in total. The predicted octanol–water partition coefficient (Wildman–Crippen LogP) is 3.08. The third-order valence-electron chi connectivity index (χ3n) is 2.58. The van der Waals surface area contributed by atoms with E-state index < -0.39 is 0 Å². The molecule has 16 heavy (non-hydrogen) atoms. The molecule has 2 nitrogen and oxygen atoms in total. The van der Waals surface area contributed by atoms with Crippen molar-refractivity contribution in [2.75, 3.05) is 6.54 Å². The van der Waals surface area contributed by atoms with Crippen molar-refractivity contribution in [3.63, 3.8) is 0 Å². The molecule has 1 aromatic rings. The van der Waals surface area contributed by atoms with Crippen molar-refractivity contribution in [1.29, 1.82) is 0 Å². The van der Waals surface area contributed by atoms with Gasteiger partial charge in [0.1, 0.15) is 0 Å². The number of hydrogen-bond acceptors (Lipinski definition) is 2. The summed E-state index contributed by atoms with van der Waals surface area (Å²) >= 11 is 0. The Morgan fingerprint density at radius 3 is 2.56 bits per heavy atom. The topological polar surface area (TPSA) is 24.9 Å². The van der Waals surface area contributed by atoms with E-state index in [1.807, 2.05) is 24.5 Å². The minimum absolute atomic E-state index is 0. The second-order valence-electron chi connectivity index (χ2n) is 3.70. The van der Waals surface area contributed by atoms with Crippen LogP contribution in [-0.2, 0) is 0 Å². The molecule has 1 aliphatic rings. The van der Waals surface area contributed by atoms with Gasteiger partial charge in [0.2, 0.25) is 0 Å². The molecule has 0 saturated carbocycles. The molecule has 1 aromatic heterocycles. The minimum Gasteiger partial charge on any atom is -0.311 e. The summed E-state index contributed by atoms with van der Waals surface area (Å²) in [7, 11) is 0. The normalized spacial score (nSPS) is 19.9. The molecular weight excluding hydrogens is 243 g/mol. The van der Waals surface area contributed by atoms with Crippen molar-refractivity contribution in [2.24, 2.45) is 0 Å². The van der Waals surface area contributed by atoms with E-state index in [0.29, 0.717) is 6.04 Å². The quantitative estimate of drug-likeness (QED) is 0.884. The van der Waals surface area contributed by atoms with Crippen LogP contribution in [0.5, 0.6) is 0 Å². The monoisotopic (exact) mass is 260 g/mol. The van der Waals surface area contributed by atoms with Crippen LogP contribution in [0.3, 0.4) is 0 Å². The van der Waals surface area contributed by atoms with Gasteiger partial charge >= 0.3 is 0 Å². The van der Waals surface area contributed by atoms with Gasteiger partial charge in [0.15, 0.2) is 0 Å². The molecule has 1 fully saturated rings. The van der Waals surface area contributed by atoms with E-state index in [-0.39, 0.29) is 24.8 Å². The first kappa shape index (κ1) is 15.4. The van der Waals surface area contributed by atoms with Gasteiger partial charge in [-0.05, 0) is 37.1 Å². The fourth-order valence-corrected chi connectivity index (χ4v) is 1.74. The number of nitrogens with one attached hydrogen (secondary N) is 1. The number of aromatic nitrogens is 1. The van der Waals surface area contributed by atoms with Gasteiger partial charge in [-0.2, -0.15) is 0 Å². The molecule has 0 aromatic carbocycles. The standard InChI is InChI=1S/C12H16N2.2ClH/c1-2-8-14-12(3-1)5-4-11-6-9-13-10-7-11;;/h4-7,9-10,12,14H,1-3,8H2;2*1H/b5-4+;;. The summed E-state index contributed by atoms with van der Waals surface area (Å²) in [6.45, 7) is 1.16. The molecule has 0 bridgehead atoms. The second kappa shape index (κ2) is 8.57. The van der Waals surface area contributed by atoms with Gasteiger partial charge < -0.3 is 5.32 Å². The summed E-state index contributed by atoms with van der Waals surface area (Å²) in [6, 6.07) is 4.62. The van der Waals surface area contributed by atoms with Gasteiger partial charge in [-0.3, -0.25) is 4.98 Å². The summed E-state index contributed by atoms with van der Waals surface area (Å²) in [4.78, 5) is 3.99. The zero-order valence-electron chi connectivity index (χ0n) is 9.13. The number of halogens is 2. The smallest absolute Gasteiger partial charge is 0.0273 e. The number of pyridine rings is 1. The Labute approximate surface area is 109 Å². The van der Waals surface area contributed by atoms with E-state index in [4.69, 9.17) is 0 Å². The van der Waals surface area contributed by atoms with Gasteiger partial charge in [-0.25, -0.2) is 0 Å². The van der Waals surface area contributed by atoms with Crippen LogP contribution in [0, 0.1) is 0 Å². The number of piperidine rings is 1. The highest BCUT2D eigenvalue weighted by Gasteiger charge is 2.07. The van der Waals surface area contributed by atoms with Crippen LogP contribution >= 0.6 is 24.8 Å². The first-order chi connectivity index (χ1) is 6.95. The Bertz CT molecular complexity index is 295. The predicted molar refractivity (Wildman–Crippen MR) is 73.4 cm³/mol. The van der Waals surface area contributed by atoms with Gasteiger partial charge in [-0.15, -0.1) is 24.8 Å². The summed E-state index contributed by atoms with van der Waals surface area (Å²) in [5.74, 6) is 0. The maximum absolute atomic E-state index is 3.99. The number of hydrogen-bond donors (Lipinski definition) is 1. The van der Waals surface area contributed by atoms with Crippen LogP contribution in [0.1, 0.15) is 24.8 Å². The van der Waals surface area contributed by atoms with Gasteiger partial charge in [0.05, 0.1) is 0 Å². The van der Waals surface area contributed by atoms with Crippen molar-refractivity contribution in [2.45, 2.75) is 25.3 Å². The zero-order valence-corrected chi connectivity index (χ0v) is 10.8. The Balaban J connectivity index is 0.00000112. The zero-order chi connectivity index (χ0) is 9.64. The van der Waals surface area contributed by atoms with Crippen molar-refractivity contribution in [1.82, 2.24) is 10.3 Å². The third kappa shape index (κ3) is 4.97. The van der Waals surface area contributed by atoms with E-state index in [1.54, 1.807) is 0 Å². The third-order valence-corrected chi connectivity index (χ3v) is 2.58. The first-order valence-corrected chi connectivity index (χ1v) is 5.27. The van der Waals surface area contributed by atoms with Crippen LogP contribution in [0.2, 0.25) is 0 Å². The summed E-state index contributed by atoms with van der Waals surface area (Å²) in [5.41, 5.74) is 1.23. The summed E-state index contributed by atoms with van der Waals surface area (Å²) in [6.07, 6.45) is 12.0. The summed E-state index contributed by atoms with van der Waals surface area (Å²) < 4.78 is 0. The largest absolute Gasteiger partial charge is 0.311 e. The molecular formula is C12H18Cl2N2. The van der Waals surface area contributed by atoms with Crippen molar-refractivity contribution < 1.29 is 0 Å². The molecule has 0 radical (unpaired) electrons. The van der Waals surface area contributed by atoms with Gasteiger partial charge in [-0.1, -0.05) is 18.6 Å². The lowest BCUT2D eigenvalue weighted by Gasteiger charge is -2.19. The number of nitrogens with zero attached hydrogens (tertiary/aromatic N) is 1. The van der Waals surface area contributed by atoms with Crippen LogP contribution in [0.4, 0.5) is 0 Å². The maximum atomic E-state index is 3.99. The molecule has 4 heteroatoms. The van der Waals surface area contributed by atoms with Gasteiger partial charge in [0.25, 0.3) is 0 Å². The number of rotatable bonds is 2. The molecule has 90 valence electrons. The molecule has 1 atom stereocenters. The Morgan fingerprint density at radius 1 is 1.19 bits per heavy atom. The Morgan fingerprint density at radius 2 is 1.94 bits per heavy atom. The fraction of sp³-hybridized carbons (Fsp3) is 0.417. The minimum atomic E-state index is 0. The summed E-state index contributed by atoms with van der Waals surface area (Å²) in [5, 5.41) is 3.49. The molecule has 2 rings (SSSR count). The highest BCUT2D eigenvalue weighted by Crippen LogP contribution is 2.09. The second-order valence-corrected chi connectivity index (χ2v) is 3.70. The van der Waals surface area contributed by atoms with Crippen LogP contribution in [0.15, 0.2) is 30.6 Å². The lowest BCUT2D eigenvalue weighted by molar-refractivity contribution is 0.455. The van der Waals surface area contributed by atoms with E-state index in [2.05, 4.69) is 22.5 Å². The molecule has 0 spiro atoms. The van der Waals surface area contributed by atoms with E-state index >= 15 is 0 Å². The molecule has 1 unspecified atom stereocenters. The van der Waals surface area contributed by atoms with Crippen molar-refractivity contribution in [3.05, 3.63) is 36.2 Å². The molecule has 0 aliphatic carbocycles. The van der Waals surface area contributed by atoms with Crippen LogP contribution in [-0.4, -0.2) is 17.6 Å². The van der Waals surface area contributed by atoms with Crippen LogP contribution in [0.25, 0.3) is 6.08 Å². The average molecular weight is 261 g/mol. The molecule has 2 heterocycles. The van der Waals surface area contributed by atoms with E-state index in [0.717, 1.165) is 6.54 Å². The maximum Gasteiger partial charge on any atom is 0.0273 e. The van der Waals surface area contributed by atoms with E-state index in [9.17, 15) is 0 Å². The molecule has 1 saturated heterocycles. The lowest BCUT2D eigenvalue weighted by Crippen LogP contribution is -2.31. The SMILES string of the molecule is C(=C\C1CCCCN1)/c1ccncc1.Cl.Cl. The average Bonchev–Trinajstić information content (AvgIpc) is 2.29. The van der Waals surface area contributed by atoms with E-state index in [1.165, 1.54) is 24.8 Å². The highest BCUT2D eigenvalue weighted by molar-refractivity contribution is 5.85. The van der Waals surface area contributed by atoms with Crippen LogP contribution < -0.4 is 5.32 Å². The molecule has 1 aliphatic heterocycles. The Hall–Kier alpha value is -0.570. The van der Waals surface area contributed by atoms with Gasteiger partial charge in [0, 0.05) is 18.4 Å². The highest BCUT2D eigenvalue weighted by atomic mass is 35.5. The lowest BCUT2D eigenvalue weighted by atomic mass is 10.0. The van der Waals surface area contributed by atoms with Crippen molar-refractivity contribution in [3.8, 4) is 0 Å².